The van der Waals surface area contributed by atoms with Crippen LogP contribution in [0.5, 0.6) is 17.2 Å². The van der Waals surface area contributed by atoms with Gasteiger partial charge in [-0.2, -0.15) is 0 Å². The quantitative estimate of drug-likeness (QED) is 0.660. The Labute approximate surface area is 150 Å². The fourth-order valence-corrected chi connectivity index (χ4v) is 2.78. The van der Waals surface area contributed by atoms with Gasteiger partial charge in [0, 0.05) is 18.7 Å². The van der Waals surface area contributed by atoms with Crippen LogP contribution in [0, 0.1) is 0 Å². The van der Waals surface area contributed by atoms with E-state index in [4.69, 9.17) is 14.2 Å². The van der Waals surface area contributed by atoms with Crippen LogP contribution in [0.2, 0.25) is 0 Å². The molecule has 4 heteroatoms. The van der Waals surface area contributed by atoms with Crippen molar-refractivity contribution in [3.05, 3.63) is 65.7 Å². The van der Waals surface area contributed by atoms with Crippen LogP contribution >= 0.6 is 0 Å². The first-order valence-corrected chi connectivity index (χ1v) is 8.48. The molecule has 0 fully saturated rings. The summed E-state index contributed by atoms with van der Waals surface area (Å²) in [5.74, 6) is 2.42. The molecule has 2 aromatic carbocycles. The van der Waals surface area contributed by atoms with Gasteiger partial charge in [-0.3, -0.25) is 0 Å². The number of rotatable bonds is 10. The highest BCUT2D eigenvalue weighted by Crippen LogP contribution is 2.33. The summed E-state index contributed by atoms with van der Waals surface area (Å²) in [6, 6.07) is 12.3. The molecule has 0 aromatic heterocycles. The second kappa shape index (κ2) is 9.74. The van der Waals surface area contributed by atoms with Crippen LogP contribution < -0.4 is 19.5 Å². The summed E-state index contributed by atoms with van der Waals surface area (Å²) < 4.78 is 16.5. The van der Waals surface area contributed by atoms with Crippen molar-refractivity contribution in [2.24, 2.45) is 0 Å². The van der Waals surface area contributed by atoms with Crippen molar-refractivity contribution in [3.8, 4) is 17.2 Å². The molecule has 0 aliphatic heterocycles. The minimum absolute atomic E-state index is 0.675. The topological polar surface area (TPSA) is 39.7 Å². The lowest BCUT2D eigenvalue weighted by atomic mass is 10.1. The molecule has 2 aromatic rings. The Kier molecular flexibility index (Phi) is 7.36. The number of hydrogen-bond donors (Lipinski definition) is 1. The van der Waals surface area contributed by atoms with E-state index in [1.807, 2.05) is 31.2 Å². The van der Waals surface area contributed by atoms with Crippen LogP contribution in [-0.2, 0) is 19.5 Å². The summed E-state index contributed by atoms with van der Waals surface area (Å²) in [5, 5.41) is 3.47. The predicted octanol–water partition coefficient (Wildman–Crippen LogP) is 4.12. The van der Waals surface area contributed by atoms with E-state index in [0.717, 1.165) is 47.9 Å². The maximum absolute atomic E-state index is 5.54. The molecular weight excluding hydrogens is 314 g/mol. The number of allylic oxidation sites excluding steroid dienone is 1. The van der Waals surface area contributed by atoms with Crippen LogP contribution in [0.15, 0.2) is 49.1 Å². The molecule has 0 radical (unpaired) electrons. The van der Waals surface area contributed by atoms with Gasteiger partial charge in [0.15, 0.2) is 11.5 Å². The molecule has 1 N–H and O–H groups in total. The molecule has 134 valence electrons. The van der Waals surface area contributed by atoms with Crippen molar-refractivity contribution in [2.75, 3.05) is 20.8 Å². The number of methoxy groups -OCH3 is 2. The Balaban J connectivity index is 2.06. The summed E-state index contributed by atoms with van der Waals surface area (Å²) in [6.07, 6.45) is 2.61. The highest BCUT2D eigenvalue weighted by Gasteiger charge is 2.11. The molecule has 0 spiro atoms. The third kappa shape index (κ3) is 5.26. The summed E-state index contributed by atoms with van der Waals surface area (Å²) in [7, 11) is 3.32. The van der Waals surface area contributed by atoms with Gasteiger partial charge in [0.05, 0.1) is 20.8 Å². The standard InChI is InChI=1S/C21H27NO3/c1-5-8-18-11-17(13-20(23-3)21(18)24-4)15-22-14-16-9-7-10-19(12-16)25-6-2/h5,7,9-13,22H,1,6,8,14-15H2,2-4H3. The molecule has 0 unspecified atom stereocenters. The zero-order valence-electron chi connectivity index (χ0n) is 15.3. The molecule has 25 heavy (non-hydrogen) atoms. The van der Waals surface area contributed by atoms with E-state index in [1.54, 1.807) is 14.2 Å². The Morgan fingerprint density at radius 3 is 2.52 bits per heavy atom. The smallest absolute Gasteiger partial charge is 0.164 e. The van der Waals surface area contributed by atoms with E-state index in [1.165, 1.54) is 5.56 Å². The monoisotopic (exact) mass is 341 g/mol. The first-order valence-electron chi connectivity index (χ1n) is 8.48. The zero-order chi connectivity index (χ0) is 18.1. The molecular formula is C21H27NO3. The Hall–Kier alpha value is -2.46. The minimum Gasteiger partial charge on any atom is -0.494 e. The van der Waals surface area contributed by atoms with Crippen LogP contribution in [0.1, 0.15) is 23.6 Å². The van der Waals surface area contributed by atoms with Gasteiger partial charge < -0.3 is 19.5 Å². The molecule has 0 aliphatic carbocycles. The lowest BCUT2D eigenvalue weighted by Gasteiger charge is -2.15. The molecule has 4 nitrogen and oxygen atoms in total. The SMILES string of the molecule is C=CCc1cc(CNCc2cccc(OCC)c2)cc(OC)c1OC. The molecule has 0 saturated heterocycles. The van der Waals surface area contributed by atoms with E-state index in [0.29, 0.717) is 6.61 Å². The number of hydrogen-bond acceptors (Lipinski definition) is 4. The molecule has 0 amide bonds. The Morgan fingerprint density at radius 2 is 1.84 bits per heavy atom. The van der Waals surface area contributed by atoms with Crippen molar-refractivity contribution in [2.45, 2.75) is 26.4 Å². The number of benzene rings is 2. The van der Waals surface area contributed by atoms with Crippen LogP contribution in [0.4, 0.5) is 0 Å². The van der Waals surface area contributed by atoms with Crippen molar-refractivity contribution in [1.29, 1.82) is 0 Å². The normalized spacial score (nSPS) is 10.4. The van der Waals surface area contributed by atoms with Gasteiger partial charge in [-0.1, -0.05) is 24.3 Å². The summed E-state index contributed by atoms with van der Waals surface area (Å²) in [6.45, 7) is 7.99. The average molecular weight is 341 g/mol. The third-order valence-electron chi connectivity index (χ3n) is 3.85. The van der Waals surface area contributed by atoms with Crippen molar-refractivity contribution in [3.63, 3.8) is 0 Å². The van der Waals surface area contributed by atoms with Crippen molar-refractivity contribution < 1.29 is 14.2 Å². The molecule has 0 heterocycles. The van der Waals surface area contributed by atoms with E-state index in [2.05, 4.69) is 30.1 Å². The van der Waals surface area contributed by atoms with Gasteiger partial charge in [0.25, 0.3) is 0 Å². The fourth-order valence-electron chi connectivity index (χ4n) is 2.78. The maximum Gasteiger partial charge on any atom is 0.164 e. The lowest BCUT2D eigenvalue weighted by Crippen LogP contribution is -2.13. The minimum atomic E-state index is 0.675. The summed E-state index contributed by atoms with van der Waals surface area (Å²) in [4.78, 5) is 0. The third-order valence-corrected chi connectivity index (χ3v) is 3.85. The lowest BCUT2D eigenvalue weighted by molar-refractivity contribution is 0.340. The molecule has 2 rings (SSSR count). The first-order chi connectivity index (χ1) is 12.2. The molecule has 0 bridgehead atoms. The molecule has 0 atom stereocenters. The highest BCUT2D eigenvalue weighted by atomic mass is 16.5. The Bertz CT molecular complexity index is 698. The van der Waals surface area contributed by atoms with Gasteiger partial charge in [0.2, 0.25) is 0 Å². The van der Waals surface area contributed by atoms with E-state index >= 15 is 0 Å². The van der Waals surface area contributed by atoms with E-state index < -0.39 is 0 Å². The summed E-state index contributed by atoms with van der Waals surface area (Å²) >= 11 is 0. The highest BCUT2D eigenvalue weighted by molar-refractivity contribution is 5.50. The fraction of sp³-hybridized carbons (Fsp3) is 0.333. The van der Waals surface area contributed by atoms with Crippen molar-refractivity contribution >= 4 is 0 Å². The second-order valence-electron chi connectivity index (χ2n) is 5.67. The van der Waals surface area contributed by atoms with Gasteiger partial charge >= 0.3 is 0 Å². The maximum atomic E-state index is 5.54. The van der Waals surface area contributed by atoms with Crippen molar-refractivity contribution in [1.82, 2.24) is 5.32 Å². The van der Waals surface area contributed by atoms with Gasteiger partial charge in [-0.25, -0.2) is 0 Å². The number of ether oxygens (including phenoxy) is 3. The van der Waals surface area contributed by atoms with Gasteiger partial charge in [-0.05, 0) is 42.7 Å². The largest absolute Gasteiger partial charge is 0.494 e. The summed E-state index contributed by atoms with van der Waals surface area (Å²) in [5.41, 5.74) is 3.42. The van der Waals surface area contributed by atoms with Crippen LogP contribution in [-0.4, -0.2) is 20.8 Å². The average Bonchev–Trinajstić information content (AvgIpc) is 2.62. The Morgan fingerprint density at radius 1 is 1.04 bits per heavy atom. The molecule has 0 aliphatic rings. The predicted molar refractivity (Wildman–Crippen MR) is 102 cm³/mol. The van der Waals surface area contributed by atoms with Gasteiger partial charge in [0.1, 0.15) is 5.75 Å². The van der Waals surface area contributed by atoms with E-state index in [9.17, 15) is 0 Å². The molecule has 0 saturated carbocycles. The number of nitrogens with one attached hydrogen (secondary N) is 1. The second-order valence-corrected chi connectivity index (χ2v) is 5.67. The van der Waals surface area contributed by atoms with Gasteiger partial charge in [-0.15, -0.1) is 6.58 Å². The van der Waals surface area contributed by atoms with Crippen LogP contribution in [0.25, 0.3) is 0 Å². The van der Waals surface area contributed by atoms with E-state index in [-0.39, 0.29) is 0 Å². The first kappa shape index (κ1) is 18.9. The van der Waals surface area contributed by atoms with Crippen LogP contribution in [0.3, 0.4) is 0 Å². The zero-order valence-corrected chi connectivity index (χ0v) is 15.3.